The molecule has 5 heteroatoms. The van der Waals surface area contributed by atoms with E-state index in [1.54, 1.807) is 6.07 Å². The van der Waals surface area contributed by atoms with E-state index in [1.165, 1.54) is 0 Å². The zero-order chi connectivity index (χ0) is 14.1. The predicted octanol–water partition coefficient (Wildman–Crippen LogP) is 2.83. The smallest absolute Gasteiger partial charge is 0.0595 e. The zero-order valence-electron chi connectivity index (χ0n) is 11.2. The largest absolute Gasteiger partial charge is 0.396 e. The van der Waals surface area contributed by atoms with Crippen LogP contribution in [0.1, 0.15) is 19.4 Å². The van der Waals surface area contributed by atoms with Crippen LogP contribution in [0.2, 0.25) is 10.0 Å². The number of benzene rings is 1. The summed E-state index contributed by atoms with van der Waals surface area (Å²) in [6, 6.07) is 5.64. The highest BCUT2D eigenvalue weighted by atomic mass is 35.5. The maximum atomic E-state index is 9.43. The molecule has 1 aromatic carbocycles. The third kappa shape index (κ3) is 3.23. The number of hydrogen-bond acceptors (Lipinski definition) is 3. The van der Waals surface area contributed by atoms with Crippen LogP contribution in [0.5, 0.6) is 0 Å². The molecule has 19 heavy (non-hydrogen) atoms. The quantitative estimate of drug-likeness (QED) is 0.879. The number of nitrogens with one attached hydrogen (secondary N) is 1. The van der Waals surface area contributed by atoms with Crippen molar-refractivity contribution in [3.63, 3.8) is 0 Å². The van der Waals surface area contributed by atoms with Crippen LogP contribution >= 0.6 is 23.2 Å². The van der Waals surface area contributed by atoms with Crippen molar-refractivity contribution < 1.29 is 9.84 Å². The minimum Gasteiger partial charge on any atom is -0.396 e. The predicted molar refractivity (Wildman–Crippen MR) is 77.8 cm³/mol. The lowest BCUT2D eigenvalue weighted by atomic mass is 9.85. The number of halogens is 2. The van der Waals surface area contributed by atoms with Crippen LogP contribution in [0.25, 0.3) is 0 Å². The van der Waals surface area contributed by atoms with Crippen molar-refractivity contribution in [2.24, 2.45) is 5.41 Å². The van der Waals surface area contributed by atoms with E-state index < -0.39 is 0 Å². The minimum atomic E-state index is -0.244. The molecular weight excluding hydrogens is 285 g/mol. The summed E-state index contributed by atoms with van der Waals surface area (Å²) in [7, 11) is 0. The molecule has 1 heterocycles. The Kier molecular flexibility index (Phi) is 4.43. The van der Waals surface area contributed by atoms with Gasteiger partial charge in [0, 0.05) is 12.1 Å². The van der Waals surface area contributed by atoms with Crippen LogP contribution in [0.3, 0.4) is 0 Å². The van der Waals surface area contributed by atoms with Crippen molar-refractivity contribution in [2.45, 2.75) is 19.4 Å². The molecule has 106 valence electrons. The van der Waals surface area contributed by atoms with Crippen molar-refractivity contribution in [3.8, 4) is 0 Å². The maximum Gasteiger partial charge on any atom is 0.0595 e. The van der Waals surface area contributed by atoms with E-state index >= 15 is 0 Å². The molecule has 0 aliphatic carbocycles. The molecule has 1 aromatic rings. The third-order valence-electron chi connectivity index (χ3n) is 3.70. The third-order valence-corrected chi connectivity index (χ3v) is 4.44. The zero-order valence-corrected chi connectivity index (χ0v) is 12.7. The molecule has 0 bridgehead atoms. The fourth-order valence-corrected chi connectivity index (χ4v) is 2.33. The number of hydrogen-bond donors (Lipinski definition) is 2. The summed E-state index contributed by atoms with van der Waals surface area (Å²) >= 11 is 12.0. The van der Waals surface area contributed by atoms with Gasteiger partial charge < -0.3 is 15.2 Å². The normalized spacial score (nSPS) is 18.2. The van der Waals surface area contributed by atoms with Gasteiger partial charge in [-0.1, -0.05) is 29.3 Å². The van der Waals surface area contributed by atoms with Gasteiger partial charge in [-0.3, -0.25) is 0 Å². The van der Waals surface area contributed by atoms with Gasteiger partial charge in [0.15, 0.2) is 0 Å². The Morgan fingerprint density at radius 3 is 2.47 bits per heavy atom. The molecule has 1 aliphatic heterocycles. The van der Waals surface area contributed by atoms with Gasteiger partial charge in [0.05, 0.1) is 35.3 Å². The summed E-state index contributed by atoms with van der Waals surface area (Å²) in [5, 5.41) is 14.0. The van der Waals surface area contributed by atoms with Gasteiger partial charge in [0.2, 0.25) is 0 Å². The fraction of sp³-hybridized carbons (Fsp3) is 0.571. The van der Waals surface area contributed by atoms with Crippen molar-refractivity contribution >= 4 is 23.2 Å². The van der Waals surface area contributed by atoms with Crippen LogP contribution in [-0.2, 0) is 10.3 Å². The fourth-order valence-electron chi connectivity index (χ4n) is 2.04. The Hall–Kier alpha value is -0.320. The monoisotopic (exact) mass is 303 g/mol. The van der Waals surface area contributed by atoms with Crippen LogP contribution in [-0.4, -0.2) is 31.5 Å². The van der Waals surface area contributed by atoms with Crippen molar-refractivity contribution in [2.75, 3.05) is 26.4 Å². The van der Waals surface area contributed by atoms with Gasteiger partial charge >= 0.3 is 0 Å². The lowest BCUT2D eigenvalue weighted by molar-refractivity contribution is -0.136. The molecule has 0 aromatic heterocycles. The molecule has 3 nitrogen and oxygen atoms in total. The van der Waals surface area contributed by atoms with E-state index in [0.29, 0.717) is 29.8 Å². The second kappa shape index (κ2) is 5.58. The standard InChI is InChI=1S/C14H19Cl2NO2/c1-13(2,10-3-4-11(15)12(16)5-10)17-6-14(7-18)8-19-9-14/h3-5,17-18H,6-9H2,1-2H3. The molecule has 0 radical (unpaired) electrons. The summed E-state index contributed by atoms with van der Waals surface area (Å²) in [6.07, 6.45) is 0. The van der Waals surface area contributed by atoms with Gasteiger partial charge in [-0.25, -0.2) is 0 Å². The molecule has 0 saturated carbocycles. The summed E-state index contributed by atoms with van der Waals surface area (Å²) in [5.41, 5.74) is 0.676. The van der Waals surface area contributed by atoms with E-state index in [1.807, 2.05) is 12.1 Å². The molecule has 0 amide bonds. The highest BCUT2D eigenvalue weighted by Crippen LogP contribution is 2.31. The first kappa shape index (κ1) is 15.1. The first-order valence-corrected chi connectivity index (χ1v) is 7.03. The van der Waals surface area contributed by atoms with Crippen LogP contribution in [0.15, 0.2) is 18.2 Å². The van der Waals surface area contributed by atoms with E-state index in [-0.39, 0.29) is 17.6 Å². The van der Waals surface area contributed by atoms with Gasteiger partial charge in [0.25, 0.3) is 0 Å². The molecule has 2 N–H and O–H groups in total. The van der Waals surface area contributed by atoms with Gasteiger partial charge in [-0.2, -0.15) is 0 Å². The van der Waals surface area contributed by atoms with E-state index in [0.717, 1.165) is 5.56 Å². The van der Waals surface area contributed by atoms with E-state index in [2.05, 4.69) is 19.2 Å². The Balaban J connectivity index is 2.06. The lowest BCUT2D eigenvalue weighted by Gasteiger charge is -2.42. The number of aliphatic hydroxyl groups is 1. The summed E-state index contributed by atoms with van der Waals surface area (Å²) in [4.78, 5) is 0. The average molecular weight is 304 g/mol. The first-order chi connectivity index (χ1) is 8.88. The minimum absolute atomic E-state index is 0.136. The number of ether oxygens (including phenoxy) is 1. The molecule has 0 spiro atoms. The topological polar surface area (TPSA) is 41.5 Å². The summed E-state index contributed by atoms with van der Waals surface area (Å²) in [5.74, 6) is 0. The van der Waals surface area contributed by atoms with E-state index in [4.69, 9.17) is 27.9 Å². The molecule has 0 unspecified atom stereocenters. The highest BCUT2D eigenvalue weighted by molar-refractivity contribution is 6.42. The number of rotatable bonds is 5. The summed E-state index contributed by atoms with van der Waals surface area (Å²) in [6.45, 7) is 6.21. The molecular formula is C14H19Cl2NO2. The van der Waals surface area contributed by atoms with Gasteiger partial charge in [-0.05, 0) is 31.5 Å². The van der Waals surface area contributed by atoms with Crippen LogP contribution < -0.4 is 5.32 Å². The second-order valence-electron chi connectivity index (χ2n) is 5.76. The Morgan fingerprint density at radius 1 is 1.32 bits per heavy atom. The van der Waals surface area contributed by atoms with Gasteiger partial charge in [-0.15, -0.1) is 0 Å². The maximum absolute atomic E-state index is 9.43. The second-order valence-corrected chi connectivity index (χ2v) is 6.57. The molecule has 1 saturated heterocycles. The number of aliphatic hydroxyl groups excluding tert-OH is 1. The molecule has 2 rings (SSSR count). The van der Waals surface area contributed by atoms with Gasteiger partial charge in [0.1, 0.15) is 0 Å². The van der Waals surface area contributed by atoms with E-state index in [9.17, 15) is 5.11 Å². The van der Waals surface area contributed by atoms with Crippen molar-refractivity contribution in [3.05, 3.63) is 33.8 Å². The Morgan fingerprint density at radius 2 is 2.00 bits per heavy atom. The SMILES string of the molecule is CC(C)(NCC1(CO)COC1)c1ccc(Cl)c(Cl)c1. The highest BCUT2D eigenvalue weighted by Gasteiger charge is 2.39. The molecule has 0 atom stereocenters. The Labute approximate surface area is 123 Å². The summed E-state index contributed by atoms with van der Waals surface area (Å²) < 4.78 is 5.20. The molecule has 1 fully saturated rings. The van der Waals surface area contributed by atoms with Crippen LogP contribution in [0.4, 0.5) is 0 Å². The lowest BCUT2D eigenvalue weighted by Crippen LogP contribution is -2.55. The Bertz CT molecular complexity index is 453. The molecule has 1 aliphatic rings. The van der Waals surface area contributed by atoms with Crippen molar-refractivity contribution in [1.29, 1.82) is 0 Å². The van der Waals surface area contributed by atoms with Crippen LogP contribution in [0, 0.1) is 5.41 Å². The van der Waals surface area contributed by atoms with Crippen molar-refractivity contribution in [1.82, 2.24) is 5.32 Å². The average Bonchev–Trinajstić information content (AvgIpc) is 2.31. The first-order valence-electron chi connectivity index (χ1n) is 6.28.